The second kappa shape index (κ2) is 10.4. The van der Waals surface area contributed by atoms with E-state index < -0.39 is 0 Å². The Hall–Kier alpha value is -2.57. The highest BCUT2D eigenvalue weighted by Gasteiger charge is 2.17. The van der Waals surface area contributed by atoms with Crippen molar-refractivity contribution >= 4 is 5.91 Å². The van der Waals surface area contributed by atoms with Crippen LogP contribution in [0.3, 0.4) is 0 Å². The lowest BCUT2D eigenvalue weighted by atomic mass is 10.1. The van der Waals surface area contributed by atoms with E-state index in [0.29, 0.717) is 12.4 Å². The maximum absolute atomic E-state index is 11.6. The van der Waals surface area contributed by atoms with E-state index in [0.717, 1.165) is 16.9 Å². The summed E-state index contributed by atoms with van der Waals surface area (Å²) in [5, 5.41) is 2.89. The molecule has 0 radical (unpaired) electrons. The number of ether oxygens (including phenoxy) is 4. The molecule has 1 N–H and O–H groups in total. The number of carbonyl (C=O) groups excluding carboxylic acids is 1. The molecule has 0 aliphatic rings. The first kappa shape index (κ1) is 19.8. The van der Waals surface area contributed by atoms with E-state index in [1.54, 1.807) is 14.2 Å². The van der Waals surface area contributed by atoms with Crippen molar-refractivity contribution in [2.24, 2.45) is 0 Å². The maximum atomic E-state index is 11.6. The number of para-hydroxylation sites is 1. The number of methoxy groups -OCH3 is 2. The van der Waals surface area contributed by atoms with Gasteiger partial charge in [-0.05, 0) is 23.8 Å². The lowest BCUT2D eigenvalue weighted by Crippen LogP contribution is -2.30. The van der Waals surface area contributed by atoms with Crippen LogP contribution < -0.4 is 14.8 Å². The van der Waals surface area contributed by atoms with Gasteiger partial charge >= 0.3 is 0 Å². The molecule has 0 spiro atoms. The minimum Gasteiger partial charge on any atom is -0.497 e. The number of hydrogen-bond acceptors (Lipinski definition) is 5. The fourth-order valence-corrected chi connectivity index (χ4v) is 2.49. The Morgan fingerprint density at radius 3 is 2.46 bits per heavy atom. The fourth-order valence-electron chi connectivity index (χ4n) is 2.49. The Kier molecular flexibility index (Phi) is 7.92. The molecule has 2 rings (SSSR count). The number of hydrogen-bond donors (Lipinski definition) is 1. The van der Waals surface area contributed by atoms with Crippen molar-refractivity contribution in [2.45, 2.75) is 19.6 Å². The summed E-state index contributed by atoms with van der Waals surface area (Å²) >= 11 is 0. The van der Waals surface area contributed by atoms with Crippen LogP contribution in [0.15, 0.2) is 48.5 Å². The van der Waals surface area contributed by atoms with E-state index in [-0.39, 0.29) is 25.3 Å². The van der Waals surface area contributed by atoms with E-state index in [4.69, 9.17) is 18.9 Å². The SMILES string of the molecule is COCOC[C@@H](NC(C)=O)c1ccccc1OCc1ccc(OC)cc1. The van der Waals surface area contributed by atoms with Gasteiger partial charge in [-0.15, -0.1) is 0 Å². The normalized spacial score (nSPS) is 11.7. The van der Waals surface area contributed by atoms with Crippen molar-refractivity contribution in [1.82, 2.24) is 5.32 Å². The monoisotopic (exact) mass is 359 g/mol. The van der Waals surface area contributed by atoms with Crippen molar-refractivity contribution in [2.75, 3.05) is 27.6 Å². The molecule has 2 aromatic rings. The first-order valence-corrected chi connectivity index (χ1v) is 8.32. The quantitative estimate of drug-likeness (QED) is 0.522. The summed E-state index contributed by atoms with van der Waals surface area (Å²) in [6.07, 6.45) is 0. The highest BCUT2D eigenvalue weighted by Crippen LogP contribution is 2.26. The van der Waals surface area contributed by atoms with Crippen LogP contribution in [-0.2, 0) is 20.9 Å². The Labute approximate surface area is 154 Å². The van der Waals surface area contributed by atoms with Crippen molar-refractivity contribution in [3.05, 3.63) is 59.7 Å². The highest BCUT2D eigenvalue weighted by atomic mass is 16.7. The van der Waals surface area contributed by atoms with Gasteiger partial charge in [-0.2, -0.15) is 0 Å². The van der Waals surface area contributed by atoms with E-state index in [2.05, 4.69) is 5.32 Å². The van der Waals surface area contributed by atoms with Gasteiger partial charge in [0.1, 0.15) is 24.9 Å². The van der Waals surface area contributed by atoms with Crippen molar-refractivity contribution in [3.63, 3.8) is 0 Å². The van der Waals surface area contributed by atoms with Crippen LogP contribution in [0.2, 0.25) is 0 Å². The fraction of sp³-hybridized carbons (Fsp3) is 0.350. The number of benzene rings is 2. The number of amides is 1. The molecule has 1 amide bonds. The van der Waals surface area contributed by atoms with E-state index in [9.17, 15) is 4.79 Å². The van der Waals surface area contributed by atoms with Crippen LogP contribution >= 0.6 is 0 Å². The zero-order valence-corrected chi connectivity index (χ0v) is 15.4. The van der Waals surface area contributed by atoms with Gasteiger partial charge in [0.25, 0.3) is 0 Å². The third-order valence-electron chi connectivity index (χ3n) is 3.71. The summed E-state index contributed by atoms with van der Waals surface area (Å²) in [5.41, 5.74) is 1.87. The smallest absolute Gasteiger partial charge is 0.217 e. The first-order chi connectivity index (χ1) is 12.6. The maximum Gasteiger partial charge on any atom is 0.217 e. The summed E-state index contributed by atoms with van der Waals surface area (Å²) in [6.45, 7) is 2.33. The average molecular weight is 359 g/mol. The van der Waals surface area contributed by atoms with Crippen molar-refractivity contribution < 1.29 is 23.7 Å². The molecule has 0 aromatic heterocycles. The molecule has 1 atom stereocenters. The molecule has 0 aliphatic carbocycles. The van der Waals surface area contributed by atoms with Gasteiger partial charge in [-0.1, -0.05) is 30.3 Å². The van der Waals surface area contributed by atoms with E-state index in [1.807, 2.05) is 48.5 Å². The molecule has 6 heteroatoms. The van der Waals surface area contributed by atoms with Crippen LogP contribution in [-0.4, -0.2) is 33.5 Å². The molecule has 0 heterocycles. The van der Waals surface area contributed by atoms with Gasteiger partial charge in [0.05, 0.1) is 19.8 Å². The lowest BCUT2D eigenvalue weighted by Gasteiger charge is -2.21. The molecule has 0 unspecified atom stereocenters. The molecule has 0 saturated heterocycles. The Balaban J connectivity index is 2.11. The second-order valence-electron chi connectivity index (χ2n) is 5.71. The predicted molar refractivity (Wildman–Crippen MR) is 98.2 cm³/mol. The minimum absolute atomic E-state index is 0.138. The minimum atomic E-state index is -0.324. The third-order valence-corrected chi connectivity index (χ3v) is 3.71. The van der Waals surface area contributed by atoms with Crippen molar-refractivity contribution in [1.29, 1.82) is 0 Å². The highest BCUT2D eigenvalue weighted by molar-refractivity contribution is 5.73. The zero-order chi connectivity index (χ0) is 18.8. The average Bonchev–Trinajstić information content (AvgIpc) is 2.66. The van der Waals surface area contributed by atoms with Gasteiger partial charge in [0.15, 0.2) is 0 Å². The molecule has 0 saturated carbocycles. The van der Waals surface area contributed by atoms with Crippen LogP contribution in [0.5, 0.6) is 11.5 Å². The first-order valence-electron chi connectivity index (χ1n) is 8.32. The summed E-state index contributed by atoms with van der Waals surface area (Å²) in [4.78, 5) is 11.6. The zero-order valence-electron chi connectivity index (χ0n) is 15.4. The summed E-state index contributed by atoms with van der Waals surface area (Å²) in [5.74, 6) is 1.36. The molecule has 0 bridgehead atoms. The Bertz CT molecular complexity index is 687. The van der Waals surface area contributed by atoms with Gasteiger partial charge in [-0.25, -0.2) is 0 Å². The Morgan fingerprint density at radius 2 is 1.81 bits per heavy atom. The lowest BCUT2D eigenvalue weighted by molar-refractivity contribution is -0.120. The number of carbonyl (C=O) groups is 1. The van der Waals surface area contributed by atoms with Gasteiger partial charge < -0.3 is 24.3 Å². The Morgan fingerprint density at radius 1 is 1.08 bits per heavy atom. The summed E-state index contributed by atoms with van der Waals surface area (Å²) < 4.78 is 21.5. The molecule has 0 fully saturated rings. The van der Waals surface area contributed by atoms with Crippen LogP contribution in [0.1, 0.15) is 24.1 Å². The summed E-state index contributed by atoms with van der Waals surface area (Å²) in [7, 11) is 3.19. The van der Waals surface area contributed by atoms with Gasteiger partial charge in [0.2, 0.25) is 5.91 Å². The second-order valence-corrected chi connectivity index (χ2v) is 5.71. The van der Waals surface area contributed by atoms with Crippen molar-refractivity contribution in [3.8, 4) is 11.5 Å². The molecule has 0 aliphatic heterocycles. The molecule has 2 aromatic carbocycles. The molecule has 140 valence electrons. The topological polar surface area (TPSA) is 66.0 Å². The third kappa shape index (κ3) is 6.06. The molecule has 26 heavy (non-hydrogen) atoms. The number of rotatable bonds is 10. The molecular formula is C20H25NO5. The van der Waals surface area contributed by atoms with Gasteiger partial charge in [0, 0.05) is 19.6 Å². The summed E-state index contributed by atoms with van der Waals surface area (Å²) in [6, 6.07) is 15.0. The van der Waals surface area contributed by atoms with Crippen LogP contribution in [0.25, 0.3) is 0 Å². The van der Waals surface area contributed by atoms with Crippen LogP contribution in [0.4, 0.5) is 0 Å². The number of nitrogens with one attached hydrogen (secondary N) is 1. The van der Waals surface area contributed by atoms with Crippen LogP contribution in [0, 0.1) is 0 Å². The van der Waals surface area contributed by atoms with E-state index in [1.165, 1.54) is 6.92 Å². The van der Waals surface area contributed by atoms with Gasteiger partial charge in [-0.3, -0.25) is 4.79 Å². The largest absolute Gasteiger partial charge is 0.497 e. The van der Waals surface area contributed by atoms with E-state index >= 15 is 0 Å². The predicted octanol–water partition coefficient (Wildman–Crippen LogP) is 3.07. The molecular weight excluding hydrogens is 334 g/mol. The standard InChI is InChI=1S/C20H25NO5/c1-15(22)21-19(13-25-14-23-2)18-6-4-5-7-20(18)26-12-16-8-10-17(24-3)11-9-16/h4-11,19H,12-14H2,1-3H3,(H,21,22)/t19-/m1/s1. The molecule has 6 nitrogen and oxygen atoms in total.